The van der Waals surface area contributed by atoms with E-state index in [1.807, 2.05) is 18.2 Å². The van der Waals surface area contributed by atoms with Crippen LogP contribution in [0.1, 0.15) is 12.1 Å². The molecular formula is C14H14ClN7O. The third-order valence-corrected chi connectivity index (χ3v) is 3.26. The summed E-state index contributed by atoms with van der Waals surface area (Å²) in [6.45, 7) is 0.819. The van der Waals surface area contributed by atoms with Crippen molar-refractivity contribution in [1.29, 1.82) is 0 Å². The van der Waals surface area contributed by atoms with Gasteiger partial charge in [-0.25, -0.2) is 4.98 Å². The summed E-state index contributed by atoms with van der Waals surface area (Å²) in [5, 5.41) is 5.97. The summed E-state index contributed by atoms with van der Waals surface area (Å²) >= 11 is 5.84. The van der Waals surface area contributed by atoms with Crippen LogP contribution in [-0.4, -0.2) is 37.4 Å². The van der Waals surface area contributed by atoms with Crippen LogP contribution in [0.4, 0.5) is 5.82 Å². The molecule has 3 rings (SSSR count). The zero-order chi connectivity index (χ0) is 16.1. The van der Waals surface area contributed by atoms with Gasteiger partial charge in [-0.1, -0.05) is 6.07 Å². The molecule has 0 fully saturated rings. The SMILES string of the molecule is O=C(CCNc1nc(Cl)nc2nc[nH]c12)NCc1ccccn1. The van der Waals surface area contributed by atoms with Gasteiger partial charge in [-0.05, 0) is 23.7 Å². The Morgan fingerprint density at radius 3 is 3.00 bits per heavy atom. The molecule has 3 aromatic rings. The maximum atomic E-state index is 11.8. The number of carbonyl (C=O) groups is 1. The number of hydrogen-bond acceptors (Lipinski definition) is 6. The Balaban J connectivity index is 1.50. The molecule has 3 aromatic heterocycles. The Hall–Kier alpha value is -2.74. The van der Waals surface area contributed by atoms with Crippen LogP contribution < -0.4 is 10.6 Å². The van der Waals surface area contributed by atoms with E-state index in [1.54, 1.807) is 6.20 Å². The van der Waals surface area contributed by atoms with E-state index in [9.17, 15) is 4.79 Å². The number of rotatable bonds is 6. The summed E-state index contributed by atoms with van der Waals surface area (Å²) in [6, 6.07) is 5.57. The number of imidazole rings is 1. The van der Waals surface area contributed by atoms with E-state index in [2.05, 4.69) is 35.6 Å². The van der Waals surface area contributed by atoms with Gasteiger partial charge in [0.05, 0.1) is 18.6 Å². The van der Waals surface area contributed by atoms with Crippen molar-refractivity contribution in [2.45, 2.75) is 13.0 Å². The van der Waals surface area contributed by atoms with Gasteiger partial charge in [0.2, 0.25) is 11.2 Å². The highest BCUT2D eigenvalue weighted by atomic mass is 35.5. The van der Waals surface area contributed by atoms with Crippen molar-refractivity contribution >= 4 is 34.5 Å². The van der Waals surface area contributed by atoms with Crippen LogP contribution >= 0.6 is 11.6 Å². The van der Waals surface area contributed by atoms with Crippen molar-refractivity contribution < 1.29 is 4.79 Å². The van der Waals surface area contributed by atoms with Gasteiger partial charge >= 0.3 is 0 Å². The lowest BCUT2D eigenvalue weighted by atomic mass is 10.3. The predicted octanol–water partition coefficient (Wildman–Crippen LogP) is 1.52. The smallest absolute Gasteiger partial charge is 0.226 e. The first-order chi connectivity index (χ1) is 11.2. The van der Waals surface area contributed by atoms with Crippen molar-refractivity contribution in [3.05, 3.63) is 41.7 Å². The summed E-state index contributed by atoms with van der Waals surface area (Å²) in [7, 11) is 0. The highest BCUT2D eigenvalue weighted by Crippen LogP contribution is 2.18. The van der Waals surface area contributed by atoms with Gasteiger partial charge in [0.25, 0.3) is 0 Å². The minimum atomic E-state index is -0.0795. The second-order valence-corrected chi connectivity index (χ2v) is 5.06. The van der Waals surface area contributed by atoms with Gasteiger partial charge in [0.1, 0.15) is 5.52 Å². The predicted molar refractivity (Wildman–Crippen MR) is 85.9 cm³/mol. The molecule has 118 valence electrons. The standard InChI is InChI=1S/C14H14ClN7O/c15-14-21-12(11-13(22-14)20-8-19-11)17-6-4-10(23)18-7-9-3-1-2-5-16-9/h1-3,5,8H,4,6-7H2,(H,18,23)(H2,17,19,20,21,22). The van der Waals surface area contributed by atoms with E-state index in [1.165, 1.54) is 6.33 Å². The minimum Gasteiger partial charge on any atom is -0.368 e. The number of nitrogens with one attached hydrogen (secondary N) is 3. The Kier molecular flexibility index (Phi) is 4.62. The van der Waals surface area contributed by atoms with Crippen molar-refractivity contribution in [3.8, 4) is 0 Å². The molecule has 0 aromatic carbocycles. The third kappa shape index (κ3) is 3.92. The lowest BCUT2D eigenvalue weighted by Crippen LogP contribution is -2.25. The Bertz CT molecular complexity index is 805. The topological polar surface area (TPSA) is 108 Å². The quantitative estimate of drug-likeness (QED) is 0.591. The van der Waals surface area contributed by atoms with Crippen LogP contribution in [0, 0.1) is 0 Å². The first kappa shape index (κ1) is 15.2. The maximum absolute atomic E-state index is 11.8. The highest BCUT2D eigenvalue weighted by molar-refractivity contribution is 6.28. The number of aromatic nitrogens is 5. The van der Waals surface area contributed by atoms with Gasteiger partial charge in [-0.2, -0.15) is 9.97 Å². The second-order valence-electron chi connectivity index (χ2n) is 4.72. The molecule has 1 amide bonds. The lowest BCUT2D eigenvalue weighted by Gasteiger charge is -2.07. The van der Waals surface area contributed by atoms with Crippen LogP contribution in [0.15, 0.2) is 30.7 Å². The molecule has 23 heavy (non-hydrogen) atoms. The Morgan fingerprint density at radius 2 is 2.17 bits per heavy atom. The van der Waals surface area contributed by atoms with Crippen molar-refractivity contribution in [1.82, 2.24) is 30.2 Å². The monoisotopic (exact) mass is 331 g/mol. The summed E-state index contributed by atoms with van der Waals surface area (Å²) < 4.78 is 0. The molecule has 3 heterocycles. The fourth-order valence-electron chi connectivity index (χ4n) is 2.01. The molecule has 9 heteroatoms. The normalized spacial score (nSPS) is 10.7. The number of carbonyl (C=O) groups excluding carboxylic acids is 1. The number of anilines is 1. The zero-order valence-electron chi connectivity index (χ0n) is 12.1. The number of fused-ring (bicyclic) bond motifs is 1. The number of nitrogens with zero attached hydrogens (tertiary/aromatic N) is 4. The lowest BCUT2D eigenvalue weighted by molar-refractivity contribution is -0.121. The number of H-pyrrole nitrogens is 1. The first-order valence-electron chi connectivity index (χ1n) is 6.99. The van der Waals surface area contributed by atoms with Crippen LogP contribution in [0.25, 0.3) is 11.2 Å². The molecule has 0 aliphatic rings. The summed E-state index contributed by atoms with van der Waals surface area (Å²) in [4.78, 5) is 31.0. The summed E-state index contributed by atoms with van der Waals surface area (Å²) in [5.74, 6) is 0.444. The molecule has 0 bridgehead atoms. The molecule has 8 nitrogen and oxygen atoms in total. The molecule has 0 aliphatic heterocycles. The summed E-state index contributed by atoms with van der Waals surface area (Å²) in [5.41, 5.74) is 1.95. The second kappa shape index (κ2) is 7.01. The molecule has 0 saturated carbocycles. The average molecular weight is 332 g/mol. The first-order valence-corrected chi connectivity index (χ1v) is 7.37. The van der Waals surface area contributed by atoms with E-state index in [4.69, 9.17) is 11.6 Å². The minimum absolute atomic E-state index is 0.0795. The highest BCUT2D eigenvalue weighted by Gasteiger charge is 2.09. The largest absolute Gasteiger partial charge is 0.368 e. The van der Waals surface area contributed by atoms with Crippen LogP contribution in [0.5, 0.6) is 0 Å². The summed E-state index contributed by atoms with van der Waals surface area (Å²) in [6.07, 6.45) is 3.50. The van der Waals surface area contributed by atoms with E-state index < -0.39 is 0 Å². The molecule has 3 N–H and O–H groups in total. The number of amides is 1. The maximum Gasteiger partial charge on any atom is 0.226 e. The zero-order valence-corrected chi connectivity index (χ0v) is 12.8. The number of hydrogen-bond donors (Lipinski definition) is 3. The van der Waals surface area contributed by atoms with Gasteiger partial charge in [0, 0.05) is 19.2 Å². The Morgan fingerprint density at radius 1 is 1.26 bits per heavy atom. The molecular weight excluding hydrogens is 318 g/mol. The molecule has 0 radical (unpaired) electrons. The molecule has 0 atom stereocenters. The fourth-order valence-corrected chi connectivity index (χ4v) is 2.17. The molecule has 0 spiro atoms. The number of halogens is 1. The van der Waals surface area contributed by atoms with E-state index in [-0.39, 0.29) is 11.2 Å². The average Bonchev–Trinajstić information content (AvgIpc) is 3.02. The van der Waals surface area contributed by atoms with Crippen LogP contribution in [-0.2, 0) is 11.3 Å². The van der Waals surface area contributed by atoms with Crippen molar-refractivity contribution in [3.63, 3.8) is 0 Å². The molecule has 0 aliphatic carbocycles. The van der Waals surface area contributed by atoms with Gasteiger partial charge in [-0.15, -0.1) is 0 Å². The van der Waals surface area contributed by atoms with Crippen molar-refractivity contribution in [2.24, 2.45) is 0 Å². The van der Waals surface area contributed by atoms with Crippen molar-refractivity contribution in [2.75, 3.05) is 11.9 Å². The van der Waals surface area contributed by atoms with Crippen LogP contribution in [0.2, 0.25) is 5.28 Å². The third-order valence-electron chi connectivity index (χ3n) is 3.10. The van der Waals surface area contributed by atoms with Gasteiger partial charge in [-0.3, -0.25) is 9.78 Å². The number of pyridine rings is 1. The molecule has 0 saturated heterocycles. The fraction of sp³-hybridized carbons (Fsp3) is 0.214. The van der Waals surface area contributed by atoms with E-state index in [0.29, 0.717) is 36.5 Å². The van der Waals surface area contributed by atoms with E-state index in [0.717, 1.165) is 5.69 Å². The van der Waals surface area contributed by atoms with Crippen LogP contribution in [0.3, 0.4) is 0 Å². The number of aromatic amines is 1. The van der Waals surface area contributed by atoms with Gasteiger partial charge in [0.15, 0.2) is 11.5 Å². The van der Waals surface area contributed by atoms with Gasteiger partial charge < -0.3 is 15.6 Å². The molecule has 0 unspecified atom stereocenters. The Labute approximate surface area is 136 Å². The van der Waals surface area contributed by atoms with E-state index >= 15 is 0 Å².